The number of halogens is 1. The first-order chi connectivity index (χ1) is 11.9. The summed E-state index contributed by atoms with van der Waals surface area (Å²) in [4.78, 5) is 42.0. The topological polar surface area (TPSA) is 127 Å². The minimum atomic E-state index is -0.624. The molecule has 1 aromatic carbocycles. The fourth-order valence-corrected chi connectivity index (χ4v) is 2.57. The molecule has 1 heterocycles. The predicted octanol–water partition coefficient (Wildman–Crippen LogP) is 1.91. The summed E-state index contributed by atoms with van der Waals surface area (Å²) in [6.07, 6.45) is 0. The maximum atomic E-state index is 12.1. The Morgan fingerprint density at radius 3 is 2.64 bits per heavy atom. The Kier molecular flexibility index (Phi) is 6.43. The summed E-state index contributed by atoms with van der Waals surface area (Å²) in [5.41, 5.74) is 5.26. The van der Waals surface area contributed by atoms with Gasteiger partial charge in [0.15, 0.2) is 11.0 Å². The second-order valence-electron chi connectivity index (χ2n) is 4.69. The number of aromatic nitrogens is 2. The Balaban J connectivity index is 2.11. The van der Waals surface area contributed by atoms with Crippen LogP contribution in [-0.4, -0.2) is 34.2 Å². The maximum Gasteiger partial charge on any atom is 0.316 e. The molecule has 0 saturated carbocycles. The molecule has 132 valence electrons. The lowest BCUT2D eigenvalue weighted by molar-refractivity contribution is -0.139. The van der Waals surface area contributed by atoms with E-state index in [2.05, 4.69) is 15.3 Å². The van der Waals surface area contributed by atoms with E-state index in [1.165, 1.54) is 12.1 Å². The number of anilines is 2. The monoisotopic (exact) mass is 382 g/mol. The number of benzene rings is 1. The van der Waals surface area contributed by atoms with Gasteiger partial charge in [0.1, 0.15) is 5.69 Å². The van der Waals surface area contributed by atoms with E-state index in [4.69, 9.17) is 22.1 Å². The first-order valence-electron chi connectivity index (χ1n) is 7.15. The number of nitrogen functional groups attached to an aromatic ring is 1. The molecule has 2 rings (SSSR count). The number of nitrogens with two attached hydrogens (primary N) is 1. The molecular weight excluding hydrogens is 368 g/mol. The summed E-state index contributed by atoms with van der Waals surface area (Å²) in [6.45, 7) is 1.96. The van der Waals surface area contributed by atoms with Crippen molar-refractivity contribution in [3.8, 4) is 0 Å². The maximum absolute atomic E-state index is 12.1. The smallest absolute Gasteiger partial charge is 0.316 e. The standard InChI is InChI=1S/C15H15ClN4O4S/c1-2-24-10(21)7-25-15-19-12(17)11(14(23)20-15)18-13(22)8-3-5-9(16)6-4-8/h3-6H,2,7H2,1H3,(H,18,22)(H3,17,19,20,23). The van der Waals surface area contributed by atoms with Gasteiger partial charge in [0.05, 0.1) is 12.4 Å². The van der Waals surface area contributed by atoms with Crippen LogP contribution in [0.25, 0.3) is 0 Å². The predicted molar refractivity (Wildman–Crippen MR) is 96.0 cm³/mol. The van der Waals surface area contributed by atoms with Crippen molar-refractivity contribution in [2.75, 3.05) is 23.4 Å². The molecule has 0 atom stereocenters. The largest absolute Gasteiger partial charge is 0.465 e. The van der Waals surface area contributed by atoms with Crippen LogP contribution in [0.4, 0.5) is 11.5 Å². The summed E-state index contributed by atoms with van der Waals surface area (Å²) < 4.78 is 4.78. The molecule has 8 nitrogen and oxygen atoms in total. The van der Waals surface area contributed by atoms with Crippen LogP contribution in [0.2, 0.25) is 5.02 Å². The van der Waals surface area contributed by atoms with Gasteiger partial charge in [-0.25, -0.2) is 4.98 Å². The third-order valence-electron chi connectivity index (χ3n) is 2.90. The van der Waals surface area contributed by atoms with E-state index in [0.29, 0.717) is 10.6 Å². The van der Waals surface area contributed by atoms with Gasteiger partial charge in [-0.05, 0) is 31.2 Å². The van der Waals surface area contributed by atoms with Crippen LogP contribution >= 0.6 is 23.4 Å². The molecule has 0 saturated heterocycles. The molecule has 25 heavy (non-hydrogen) atoms. The Bertz CT molecular complexity index is 838. The minimum absolute atomic E-state index is 0.0211. The number of hydrogen-bond acceptors (Lipinski definition) is 7. The van der Waals surface area contributed by atoms with E-state index in [1.807, 2.05) is 0 Å². The summed E-state index contributed by atoms with van der Waals surface area (Å²) in [6, 6.07) is 6.13. The van der Waals surface area contributed by atoms with Crippen molar-refractivity contribution in [3.63, 3.8) is 0 Å². The summed E-state index contributed by atoms with van der Waals surface area (Å²) in [5.74, 6) is -1.14. The average Bonchev–Trinajstić information content (AvgIpc) is 2.57. The summed E-state index contributed by atoms with van der Waals surface area (Å²) in [7, 11) is 0. The van der Waals surface area contributed by atoms with E-state index < -0.39 is 17.4 Å². The summed E-state index contributed by atoms with van der Waals surface area (Å²) >= 11 is 6.74. The second kappa shape index (κ2) is 8.54. The molecule has 0 fully saturated rings. The highest BCUT2D eigenvalue weighted by Crippen LogP contribution is 2.18. The van der Waals surface area contributed by atoms with Crippen LogP contribution in [0.15, 0.2) is 34.2 Å². The molecule has 0 aliphatic carbocycles. The van der Waals surface area contributed by atoms with Crippen molar-refractivity contribution in [3.05, 3.63) is 45.2 Å². The third-order valence-corrected chi connectivity index (χ3v) is 4.00. The Morgan fingerprint density at radius 2 is 2.04 bits per heavy atom. The number of carbonyl (C=O) groups is 2. The first kappa shape index (κ1) is 18.8. The molecule has 0 radical (unpaired) electrons. The molecule has 0 aliphatic heterocycles. The highest BCUT2D eigenvalue weighted by molar-refractivity contribution is 7.99. The third kappa shape index (κ3) is 5.23. The van der Waals surface area contributed by atoms with E-state index >= 15 is 0 Å². The molecule has 1 amide bonds. The lowest BCUT2D eigenvalue weighted by Gasteiger charge is -2.08. The normalized spacial score (nSPS) is 10.3. The SMILES string of the molecule is CCOC(=O)CSc1nc(N)c(NC(=O)c2ccc(Cl)cc2)c(=O)[nH]1. The zero-order valence-corrected chi connectivity index (χ0v) is 14.7. The van der Waals surface area contributed by atoms with Crippen molar-refractivity contribution >= 4 is 46.7 Å². The average molecular weight is 383 g/mol. The zero-order valence-electron chi connectivity index (χ0n) is 13.2. The quantitative estimate of drug-likeness (QED) is 0.395. The minimum Gasteiger partial charge on any atom is -0.465 e. The Labute approximate surface area is 152 Å². The molecule has 0 bridgehead atoms. The molecule has 0 unspecified atom stereocenters. The number of nitrogens with zero attached hydrogens (tertiary/aromatic N) is 1. The van der Waals surface area contributed by atoms with E-state index in [-0.39, 0.29) is 29.0 Å². The fourth-order valence-electron chi connectivity index (χ4n) is 1.78. The van der Waals surface area contributed by atoms with Crippen molar-refractivity contribution in [1.29, 1.82) is 0 Å². The van der Waals surface area contributed by atoms with Crippen molar-refractivity contribution < 1.29 is 14.3 Å². The number of rotatable bonds is 6. The van der Waals surface area contributed by atoms with E-state index in [1.54, 1.807) is 19.1 Å². The van der Waals surface area contributed by atoms with E-state index in [9.17, 15) is 14.4 Å². The lowest BCUT2D eigenvalue weighted by Crippen LogP contribution is -2.23. The van der Waals surface area contributed by atoms with Crippen LogP contribution < -0.4 is 16.6 Å². The number of esters is 1. The number of hydrogen-bond donors (Lipinski definition) is 3. The number of thioether (sulfide) groups is 1. The Hall–Kier alpha value is -2.52. The molecule has 10 heteroatoms. The van der Waals surface area contributed by atoms with Gasteiger partial charge in [-0.15, -0.1) is 0 Å². The van der Waals surface area contributed by atoms with Gasteiger partial charge in [-0.2, -0.15) is 0 Å². The lowest BCUT2D eigenvalue weighted by atomic mass is 10.2. The number of amides is 1. The van der Waals surface area contributed by atoms with Crippen LogP contribution in [-0.2, 0) is 9.53 Å². The van der Waals surface area contributed by atoms with Gasteiger partial charge in [0.2, 0.25) is 0 Å². The number of H-pyrrole nitrogens is 1. The molecule has 0 aliphatic rings. The second-order valence-corrected chi connectivity index (χ2v) is 6.09. The van der Waals surface area contributed by atoms with E-state index in [0.717, 1.165) is 11.8 Å². The molecule has 1 aromatic heterocycles. The highest BCUT2D eigenvalue weighted by atomic mass is 35.5. The van der Waals surface area contributed by atoms with Crippen LogP contribution in [0.3, 0.4) is 0 Å². The molecule has 0 spiro atoms. The zero-order chi connectivity index (χ0) is 18.4. The van der Waals surface area contributed by atoms with Gasteiger partial charge < -0.3 is 15.8 Å². The fraction of sp³-hybridized carbons (Fsp3) is 0.200. The van der Waals surface area contributed by atoms with Gasteiger partial charge in [0, 0.05) is 10.6 Å². The summed E-state index contributed by atoms with van der Waals surface area (Å²) in [5, 5.41) is 3.05. The van der Waals surface area contributed by atoms with Crippen molar-refractivity contribution in [1.82, 2.24) is 9.97 Å². The first-order valence-corrected chi connectivity index (χ1v) is 8.52. The van der Waals surface area contributed by atoms with Crippen molar-refractivity contribution in [2.24, 2.45) is 0 Å². The molecular formula is C15H15ClN4O4S. The highest BCUT2D eigenvalue weighted by Gasteiger charge is 2.15. The molecule has 2 aromatic rings. The molecule has 4 N–H and O–H groups in total. The van der Waals surface area contributed by atoms with Gasteiger partial charge in [-0.1, -0.05) is 23.4 Å². The van der Waals surface area contributed by atoms with Crippen LogP contribution in [0, 0.1) is 0 Å². The van der Waals surface area contributed by atoms with Gasteiger partial charge in [0.25, 0.3) is 11.5 Å². The van der Waals surface area contributed by atoms with Crippen LogP contribution in [0.1, 0.15) is 17.3 Å². The number of nitrogens with one attached hydrogen (secondary N) is 2. The van der Waals surface area contributed by atoms with Crippen molar-refractivity contribution in [2.45, 2.75) is 12.1 Å². The number of aromatic amines is 1. The Morgan fingerprint density at radius 1 is 1.36 bits per heavy atom. The van der Waals surface area contributed by atoms with Gasteiger partial charge in [-0.3, -0.25) is 19.4 Å². The number of carbonyl (C=O) groups excluding carboxylic acids is 2. The number of ether oxygens (including phenoxy) is 1. The van der Waals surface area contributed by atoms with Gasteiger partial charge >= 0.3 is 5.97 Å². The van der Waals surface area contributed by atoms with Crippen LogP contribution in [0.5, 0.6) is 0 Å².